The van der Waals surface area contributed by atoms with Gasteiger partial charge in [-0.15, -0.1) is 0 Å². The Balaban J connectivity index is 1.87. The Kier molecular flexibility index (Phi) is 5.78. The molecule has 2 rings (SSSR count). The number of ether oxygens (including phenoxy) is 3. The van der Waals surface area contributed by atoms with Crippen LogP contribution < -0.4 is 0 Å². The fourth-order valence-electron chi connectivity index (χ4n) is 3.04. The summed E-state index contributed by atoms with van der Waals surface area (Å²) in [7, 11) is 0. The fraction of sp³-hybridized carbons (Fsp3) is 0.938. The molecule has 0 aromatic carbocycles. The van der Waals surface area contributed by atoms with Crippen LogP contribution in [0.5, 0.6) is 0 Å². The standard InChI is InChI=1S/C16H28BrNO4/c1-10-6-12(7-11(2)20-10)21-14-9-18(8-13(14)17)15(19)22-16(3,4)5/h10-14H,6-9H2,1-5H3. The van der Waals surface area contributed by atoms with Crippen molar-refractivity contribution < 1.29 is 19.0 Å². The molecule has 2 aliphatic heterocycles. The highest BCUT2D eigenvalue weighted by molar-refractivity contribution is 9.09. The molecule has 0 saturated carbocycles. The zero-order valence-corrected chi connectivity index (χ0v) is 15.8. The summed E-state index contributed by atoms with van der Waals surface area (Å²) in [6.45, 7) is 11.0. The lowest BCUT2D eigenvalue weighted by molar-refractivity contribution is -0.118. The second kappa shape index (κ2) is 7.05. The molecule has 5 nitrogen and oxygen atoms in total. The zero-order valence-electron chi connectivity index (χ0n) is 14.2. The Bertz CT molecular complexity index is 388. The molecule has 4 atom stereocenters. The highest BCUT2D eigenvalue weighted by Gasteiger charge is 2.38. The number of carbonyl (C=O) groups is 1. The first-order valence-electron chi connectivity index (χ1n) is 8.07. The van der Waals surface area contributed by atoms with Crippen LogP contribution in [0.3, 0.4) is 0 Å². The number of nitrogens with zero attached hydrogens (tertiary/aromatic N) is 1. The minimum absolute atomic E-state index is 0.00928. The second-order valence-electron chi connectivity index (χ2n) is 7.43. The van der Waals surface area contributed by atoms with E-state index < -0.39 is 5.60 Å². The molecule has 4 unspecified atom stereocenters. The topological polar surface area (TPSA) is 48.0 Å². The van der Waals surface area contributed by atoms with E-state index in [-0.39, 0.29) is 35.3 Å². The largest absolute Gasteiger partial charge is 0.444 e. The molecular weight excluding hydrogens is 350 g/mol. The van der Waals surface area contributed by atoms with E-state index in [1.165, 1.54) is 0 Å². The first-order valence-corrected chi connectivity index (χ1v) is 8.98. The number of rotatable bonds is 2. The molecule has 0 radical (unpaired) electrons. The van der Waals surface area contributed by atoms with Crippen molar-refractivity contribution in [2.24, 2.45) is 0 Å². The minimum Gasteiger partial charge on any atom is -0.444 e. The van der Waals surface area contributed by atoms with Crippen LogP contribution in [-0.4, -0.2) is 58.9 Å². The van der Waals surface area contributed by atoms with Gasteiger partial charge in [0.25, 0.3) is 0 Å². The van der Waals surface area contributed by atoms with Crippen molar-refractivity contribution in [3.05, 3.63) is 0 Å². The van der Waals surface area contributed by atoms with E-state index in [9.17, 15) is 4.79 Å². The van der Waals surface area contributed by atoms with Crippen molar-refractivity contribution in [3.63, 3.8) is 0 Å². The van der Waals surface area contributed by atoms with Gasteiger partial charge < -0.3 is 19.1 Å². The fourth-order valence-corrected chi connectivity index (χ4v) is 3.68. The second-order valence-corrected chi connectivity index (χ2v) is 8.60. The van der Waals surface area contributed by atoms with Gasteiger partial charge in [0, 0.05) is 6.54 Å². The number of amides is 1. The first-order chi connectivity index (χ1) is 10.1. The molecule has 22 heavy (non-hydrogen) atoms. The molecular formula is C16H28BrNO4. The van der Waals surface area contributed by atoms with Gasteiger partial charge in [0.15, 0.2) is 0 Å². The predicted octanol–water partition coefficient (Wildman–Crippen LogP) is 3.34. The van der Waals surface area contributed by atoms with Gasteiger partial charge in [0.2, 0.25) is 0 Å². The van der Waals surface area contributed by atoms with Crippen LogP contribution >= 0.6 is 15.9 Å². The van der Waals surface area contributed by atoms with Crippen LogP contribution in [0.25, 0.3) is 0 Å². The van der Waals surface area contributed by atoms with E-state index in [2.05, 4.69) is 29.8 Å². The summed E-state index contributed by atoms with van der Waals surface area (Å²) in [5, 5.41) is 0. The van der Waals surface area contributed by atoms with Gasteiger partial charge in [0.1, 0.15) is 5.60 Å². The molecule has 2 aliphatic rings. The van der Waals surface area contributed by atoms with Gasteiger partial charge in [0.05, 0.1) is 35.8 Å². The van der Waals surface area contributed by atoms with Gasteiger partial charge in [-0.05, 0) is 47.5 Å². The van der Waals surface area contributed by atoms with Crippen molar-refractivity contribution in [2.45, 2.75) is 82.3 Å². The third kappa shape index (κ3) is 5.10. The lowest BCUT2D eigenvalue weighted by atomic mass is 10.0. The molecule has 1 amide bonds. The summed E-state index contributed by atoms with van der Waals surface area (Å²) >= 11 is 3.64. The molecule has 6 heteroatoms. The van der Waals surface area contributed by atoms with Crippen LogP contribution in [0.15, 0.2) is 0 Å². The maximum Gasteiger partial charge on any atom is 0.410 e. The molecule has 2 fully saturated rings. The van der Waals surface area contributed by atoms with E-state index in [4.69, 9.17) is 14.2 Å². The highest BCUT2D eigenvalue weighted by atomic mass is 79.9. The molecule has 0 aromatic rings. The maximum absolute atomic E-state index is 12.2. The maximum atomic E-state index is 12.2. The molecule has 0 spiro atoms. The molecule has 2 heterocycles. The molecule has 2 saturated heterocycles. The molecule has 0 aromatic heterocycles. The van der Waals surface area contributed by atoms with Crippen molar-refractivity contribution in [3.8, 4) is 0 Å². The number of hydrogen-bond donors (Lipinski definition) is 0. The summed E-state index contributed by atoms with van der Waals surface area (Å²) in [6.07, 6.45) is 2.21. The molecule has 0 aliphatic carbocycles. The normalized spacial score (nSPS) is 36.5. The van der Waals surface area contributed by atoms with Crippen LogP contribution in [-0.2, 0) is 14.2 Å². The summed E-state index contributed by atoms with van der Waals surface area (Å²) in [6, 6.07) is 0. The average Bonchev–Trinajstić information content (AvgIpc) is 2.67. The number of likely N-dealkylation sites (tertiary alicyclic amines) is 1. The van der Waals surface area contributed by atoms with Crippen molar-refractivity contribution >= 4 is 22.0 Å². The Morgan fingerprint density at radius 1 is 1.18 bits per heavy atom. The lowest BCUT2D eigenvalue weighted by Gasteiger charge is -2.34. The SMILES string of the molecule is CC1CC(OC2CN(C(=O)OC(C)(C)C)CC2Br)CC(C)O1. The number of halogens is 1. The van der Waals surface area contributed by atoms with Crippen molar-refractivity contribution in [1.29, 1.82) is 0 Å². The van der Waals surface area contributed by atoms with E-state index >= 15 is 0 Å². The predicted molar refractivity (Wildman–Crippen MR) is 88.4 cm³/mol. The third-order valence-electron chi connectivity index (χ3n) is 3.87. The molecule has 0 N–H and O–H groups in total. The van der Waals surface area contributed by atoms with Gasteiger partial charge >= 0.3 is 6.09 Å². The zero-order chi connectivity index (χ0) is 16.5. The molecule has 128 valence electrons. The van der Waals surface area contributed by atoms with Crippen LogP contribution in [0, 0.1) is 0 Å². The van der Waals surface area contributed by atoms with E-state index in [1.807, 2.05) is 20.8 Å². The Hall–Kier alpha value is -0.330. The third-order valence-corrected chi connectivity index (χ3v) is 4.75. The number of hydrogen-bond acceptors (Lipinski definition) is 4. The quantitative estimate of drug-likeness (QED) is 0.692. The Morgan fingerprint density at radius 3 is 2.32 bits per heavy atom. The van der Waals surface area contributed by atoms with Gasteiger partial charge in [-0.1, -0.05) is 15.9 Å². The Labute approximate surface area is 141 Å². The highest BCUT2D eigenvalue weighted by Crippen LogP contribution is 2.28. The summed E-state index contributed by atoms with van der Waals surface area (Å²) in [5.41, 5.74) is -0.469. The van der Waals surface area contributed by atoms with Crippen LogP contribution in [0.4, 0.5) is 4.79 Å². The van der Waals surface area contributed by atoms with Crippen molar-refractivity contribution in [2.75, 3.05) is 13.1 Å². The van der Waals surface area contributed by atoms with E-state index in [1.54, 1.807) is 4.90 Å². The minimum atomic E-state index is -0.469. The number of carbonyl (C=O) groups excluding carboxylic acids is 1. The summed E-state index contributed by atoms with van der Waals surface area (Å²) in [5.74, 6) is 0. The number of alkyl halides is 1. The molecule has 0 bridgehead atoms. The monoisotopic (exact) mass is 377 g/mol. The smallest absolute Gasteiger partial charge is 0.410 e. The Morgan fingerprint density at radius 2 is 1.77 bits per heavy atom. The van der Waals surface area contributed by atoms with Gasteiger partial charge in [-0.3, -0.25) is 0 Å². The van der Waals surface area contributed by atoms with E-state index in [0.29, 0.717) is 13.1 Å². The van der Waals surface area contributed by atoms with Gasteiger partial charge in [-0.2, -0.15) is 0 Å². The van der Waals surface area contributed by atoms with E-state index in [0.717, 1.165) is 12.8 Å². The summed E-state index contributed by atoms with van der Waals surface area (Å²) in [4.78, 5) is 14.0. The average molecular weight is 378 g/mol. The van der Waals surface area contributed by atoms with Crippen LogP contribution in [0.1, 0.15) is 47.5 Å². The van der Waals surface area contributed by atoms with Crippen molar-refractivity contribution in [1.82, 2.24) is 4.90 Å². The van der Waals surface area contributed by atoms with Crippen LogP contribution in [0.2, 0.25) is 0 Å². The summed E-state index contributed by atoms with van der Waals surface area (Å²) < 4.78 is 17.4. The lowest BCUT2D eigenvalue weighted by Crippen LogP contribution is -2.39. The first kappa shape index (κ1) is 18.0. The van der Waals surface area contributed by atoms with Gasteiger partial charge in [-0.25, -0.2) is 4.79 Å².